The van der Waals surface area contributed by atoms with Gasteiger partial charge in [-0.05, 0) is 34.5 Å². The number of rotatable bonds is 7. The number of anilines is 1. The number of non-ortho nitro benzene ring substituents is 1. The molecule has 7 nitrogen and oxygen atoms in total. The second kappa shape index (κ2) is 10.5. The van der Waals surface area contributed by atoms with E-state index in [1.54, 1.807) is 24.3 Å². The number of amides is 1. The summed E-state index contributed by atoms with van der Waals surface area (Å²) >= 11 is 6.05. The minimum absolute atomic E-state index is 0.0105. The first-order valence-electron chi connectivity index (χ1n) is 10.5. The molecule has 0 radical (unpaired) electrons. The Morgan fingerprint density at radius 3 is 2.57 bits per heavy atom. The van der Waals surface area contributed by atoms with Crippen LogP contribution < -0.4 is 10.1 Å². The van der Waals surface area contributed by atoms with E-state index in [0.717, 1.165) is 22.4 Å². The lowest BCUT2D eigenvalue weighted by Crippen LogP contribution is -2.14. The quantitative estimate of drug-likeness (QED) is 0.139. The Labute approximate surface area is 206 Å². The Morgan fingerprint density at radius 2 is 1.80 bits per heavy atom. The summed E-state index contributed by atoms with van der Waals surface area (Å²) in [5.41, 5.74) is 1.33. The minimum atomic E-state index is -0.702. The van der Waals surface area contributed by atoms with E-state index >= 15 is 0 Å². The van der Waals surface area contributed by atoms with Crippen LogP contribution in [-0.4, -0.2) is 10.8 Å². The summed E-state index contributed by atoms with van der Waals surface area (Å²) in [6, 6.07) is 26.6. The maximum absolute atomic E-state index is 12.7. The van der Waals surface area contributed by atoms with Crippen molar-refractivity contribution in [2.75, 3.05) is 5.32 Å². The number of benzene rings is 4. The van der Waals surface area contributed by atoms with Gasteiger partial charge in [0, 0.05) is 17.7 Å². The molecule has 1 amide bonds. The standard InChI is InChI=1S/C27H18ClN3O4/c28-24-15-22(31(33)34)12-13-25(24)30-27(32)21(16-29)14-19-7-2-4-11-26(19)35-17-20-9-5-8-18-6-1-3-10-23(18)20/h1-15H,17H2,(H,30,32). The topological polar surface area (TPSA) is 105 Å². The van der Waals surface area contributed by atoms with E-state index in [-0.39, 0.29) is 22.0 Å². The molecule has 0 spiro atoms. The lowest BCUT2D eigenvalue weighted by molar-refractivity contribution is -0.384. The molecule has 4 rings (SSSR count). The third kappa shape index (κ3) is 5.46. The first-order chi connectivity index (χ1) is 17.0. The first kappa shape index (κ1) is 23.5. The average Bonchev–Trinajstić information content (AvgIpc) is 2.87. The molecule has 35 heavy (non-hydrogen) atoms. The Balaban J connectivity index is 1.55. The molecule has 0 aliphatic carbocycles. The zero-order valence-corrected chi connectivity index (χ0v) is 19.0. The highest BCUT2D eigenvalue weighted by atomic mass is 35.5. The van der Waals surface area contributed by atoms with Crippen molar-refractivity contribution in [2.24, 2.45) is 0 Å². The predicted octanol–water partition coefficient (Wildman–Crippen LogP) is 6.53. The number of ether oxygens (including phenoxy) is 1. The van der Waals surface area contributed by atoms with Crippen LogP contribution in [0, 0.1) is 21.4 Å². The summed E-state index contributed by atoms with van der Waals surface area (Å²) < 4.78 is 6.06. The first-order valence-corrected chi connectivity index (χ1v) is 10.9. The highest BCUT2D eigenvalue weighted by Crippen LogP contribution is 2.28. The van der Waals surface area contributed by atoms with Crippen molar-refractivity contribution in [3.63, 3.8) is 0 Å². The number of nitrogens with zero attached hydrogens (tertiary/aromatic N) is 2. The van der Waals surface area contributed by atoms with Gasteiger partial charge in [0.25, 0.3) is 11.6 Å². The van der Waals surface area contributed by atoms with Crippen molar-refractivity contribution >= 4 is 45.7 Å². The zero-order chi connectivity index (χ0) is 24.8. The fraction of sp³-hybridized carbons (Fsp3) is 0.0370. The van der Waals surface area contributed by atoms with Crippen molar-refractivity contribution < 1.29 is 14.5 Å². The van der Waals surface area contributed by atoms with Gasteiger partial charge in [-0.15, -0.1) is 0 Å². The van der Waals surface area contributed by atoms with Gasteiger partial charge in [0.15, 0.2) is 0 Å². The Kier molecular flexibility index (Phi) is 7.05. The highest BCUT2D eigenvalue weighted by molar-refractivity contribution is 6.34. The molecule has 0 saturated carbocycles. The van der Waals surface area contributed by atoms with Gasteiger partial charge in [0.05, 0.1) is 15.6 Å². The average molecular weight is 484 g/mol. The van der Waals surface area contributed by atoms with Crippen LogP contribution in [0.5, 0.6) is 5.75 Å². The van der Waals surface area contributed by atoms with Gasteiger partial charge in [0.1, 0.15) is 24.0 Å². The predicted molar refractivity (Wildman–Crippen MR) is 135 cm³/mol. The van der Waals surface area contributed by atoms with Crippen LogP contribution in [0.1, 0.15) is 11.1 Å². The molecule has 0 atom stereocenters. The Bertz CT molecular complexity index is 1500. The maximum atomic E-state index is 12.7. The second-order valence-corrected chi connectivity index (χ2v) is 7.92. The molecule has 4 aromatic carbocycles. The Hall–Kier alpha value is -4.67. The molecule has 0 aromatic heterocycles. The Morgan fingerprint density at radius 1 is 1.06 bits per heavy atom. The van der Waals surface area contributed by atoms with Gasteiger partial charge in [-0.2, -0.15) is 5.26 Å². The van der Waals surface area contributed by atoms with Crippen LogP contribution in [0.25, 0.3) is 16.8 Å². The number of nitrogens with one attached hydrogen (secondary N) is 1. The summed E-state index contributed by atoms with van der Waals surface area (Å²) in [6.07, 6.45) is 1.42. The van der Waals surface area contributed by atoms with E-state index in [1.165, 1.54) is 18.2 Å². The van der Waals surface area contributed by atoms with Gasteiger partial charge < -0.3 is 10.1 Å². The number of para-hydroxylation sites is 1. The van der Waals surface area contributed by atoms with Gasteiger partial charge in [-0.25, -0.2) is 0 Å². The summed E-state index contributed by atoms with van der Waals surface area (Å²) in [5, 5.41) is 25.2. The maximum Gasteiger partial charge on any atom is 0.271 e. The number of hydrogen-bond acceptors (Lipinski definition) is 5. The molecule has 0 bridgehead atoms. The lowest BCUT2D eigenvalue weighted by atomic mass is 10.1. The SMILES string of the molecule is N#CC(=Cc1ccccc1OCc1cccc2ccccc12)C(=O)Nc1ccc([N+](=O)[O-])cc1Cl. The molecule has 0 heterocycles. The third-order valence-corrected chi connectivity index (χ3v) is 5.57. The number of nitro benzene ring substituents is 1. The van der Waals surface area contributed by atoms with Gasteiger partial charge in [-0.3, -0.25) is 14.9 Å². The van der Waals surface area contributed by atoms with Gasteiger partial charge >= 0.3 is 0 Å². The molecule has 172 valence electrons. The molecule has 0 fully saturated rings. The fourth-order valence-electron chi connectivity index (χ4n) is 3.52. The van der Waals surface area contributed by atoms with E-state index < -0.39 is 10.8 Å². The van der Waals surface area contributed by atoms with Crippen molar-refractivity contribution in [1.29, 1.82) is 5.26 Å². The van der Waals surface area contributed by atoms with E-state index in [1.807, 2.05) is 48.5 Å². The van der Waals surface area contributed by atoms with E-state index in [0.29, 0.717) is 17.9 Å². The number of nitro groups is 1. The fourth-order valence-corrected chi connectivity index (χ4v) is 3.74. The van der Waals surface area contributed by atoms with E-state index in [4.69, 9.17) is 16.3 Å². The van der Waals surface area contributed by atoms with Crippen molar-refractivity contribution in [3.05, 3.63) is 117 Å². The van der Waals surface area contributed by atoms with Gasteiger partial charge in [-0.1, -0.05) is 72.3 Å². The zero-order valence-electron chi connectivity index (χ0n) is 18.3. The molecule has 4 aromatic rings. The van der Waals surface area contributed by atoms with Crippen LogP contribution in [0.15, 0.2) is 90.5 Å². The number of fused-ring (bicyclic) bond motifs is 1. The van der Waals surface area contributed by atoms with E-state index in [9.17, 15) is 20.2 Å². The summed E-state index contributed by atoms with van der Waals surface area (Å²) in [6.45, 7) is 0.304. The molecule has 0 aliphatic heterocycles. The van der Waals surface area contributed by atoms with Gasteiger partial charge in [0.2, 0.25) is 0 Å². The molecule has 8 heteroatoms. The van der Waals surface area contributed by atoms with Crippen LogP contribution in [-0.2, 0) is 11.4 Å². The van der Waals surface area contributed by atoms with Crippen molar-refractivity contribution in [3.8, 4) is 11.8 Å². The molecule has 0 aliphatic rings. The summed E-state index contributed by atoms with van der Waals surface area (Å²) in [7, 11) is 0. The van der Waals surface area contributed by atoms with Crippen LogP contribution in [0.2, 0.25) is 5.02 Å². The molecular formula is C27H18ClN3O4. The molecule has 0 saturated heterocycles. The van der Waals surface area contributed by atoms with Crippen LogP contribution in [0.3, 0.4) is 0 Å². The number of carbonyl (C=O) groups is 1. The highest BCUT2D eigenvalue weighted by Gasteiger charge is 2.15. The van der Waals surface area contributed by atoms with Crippen LogP contribution >= 0.6 is 11.6 Å². The largest absolute Gasteiger partial charge is 0.488 e. The minimum Gasteiger partial charge on any atom is -0.488 e. The number of nitriles is 1. The molecule has 0 unspecified atom stereocenters. The normalized spacial score (nSPS) is 11.0. The number of carbonyl (C=O) groups excluding carboxylic acids is 1. The smallest absolute Gasteiger partial charge is 0.271 e. The van der Waals surface area contributed by atoms with Crippen LogP contribution in [0.4, 0.5) is 11.4 Å². The summed E-state index contributed by atoms with van der Waals surface area (Å²) in [5.74, 6) is -0.193. The van der Waals surface area contributed by atoms with Crippen molar-refractivity contribution in [2.45, 2.75) is 6.61 Å². The van der Waals surface area contributed by atoms with Crippen molar-refractivity contribution in [1.82, 2.24) is 0 Å². The molecule has 1 N–H and O–H groups in total. The lowest BCUT2D eigenvalue weighted by Gasteiger charge is -2.12. The number of hydrogen-bond donors (Lipinski definition) is 1. The molecular weight excluding hydrogens is 466 g/mol. The van der Waals surface area contributed by atoms with E-state index in [2.05, 4.69) is 5.32 Å². The monoisotopic (exact) mass is 483 g/mol. The third-order valence-electron chi connectivity index (χ3n) is 5.26. The second-order valence-electron chi connectivity index (χ2n) is 7.51. The number of halogens is 1. The summed E-state index contributed by atoms with van der Waals surface area (Å²) in [4.78, 5) is 23.0.